The van der Waals surface area contributed by atoms with Crippen molar-refractivity contribution in [1.82, 2.24) is 25.6 Å². The predicted octanol–water partition coefficient (Wildman–Crippen LogP) is 3.07. The zero-order chi connectivity index (χ0) is 21.5. The van der Waals surface area contributed by atoms with Gasteiger partial charge >= 0.3 is 0 Å². The minimum Gasteiger partial charge on any atom is -0.451 e. The third kappa shape index (κ3) is 5.07. The molecule has 0 aliphatic heterocycles. The van der Waals surface area contributed by atoms with Gasteiger partial charge in [-0.2, -0.15) is 0 Å². The Morgan fingerprint density at radius 3 is 2.45 bits per heavy atom. The maximum atomic E-state index is 12.8. The molecular formula is C22H19N5O3S. The lowest BCUT2D eigenvalue weighted by atomic mass is 10.1. The quantitative estimate of drug-likeness (QED) is 0.250. The second-order valence-electron chi connectivity index (χ2n) is 6.48. The molecule has 0 saturated carbocycles. The van der Waals surface area contributed by atoms with Gasteiger partial charge in [0.25, 0.3) is 11.8 Å². The molecule has 3 heterocycles. The van der Waals surface area contributed by atoms with E-state index in [2.05, 4.69) is 25.6 Å². The Labute approximate surface area is 182 Å². The van der Waals surface area contributed by atoms with Crippen molar-refractivity contribution in [3.05, 3.63) is 84.1 Å². The Morgan fingerprint density at radius 1 is 0.903 bits per heavy atom. The molecule has 0 aliphatic rings. The summed E-state index contributed by atoms with van der Waals surface area (Å²) in [5.74, 6) is 0.160. The van der Waals surface area contributed by atoms with Crippen LogP contribution < -0.4 is 10.6 Å². The Balaban J connectivity index is 1.40. The first-order chi connectivity index (χ1) is 15.2. The predicted molar refractivity (Wildman–Crippen MR) is 117 cm³/mol. The van der Waals surface area contributed by atoms with Crippen molar-refractivity contribution in [2.24, 2.45) is 0 Å². The molecule has 0 aliphatic carbocycles. The van der Waals surface area contributed by atoms with Gasteiger partial charge in [0.05, 0.1) is 5.56 Å². The van der Waals surface area contributed by atoms with Crippen LogP contribution in [0.3, 0.4) is 0 Å². The summed E-state index contributed by atoms with van der Waals surface area (Å²) in [7, 11) is 0. The molecule has 156 valence electrons. The highest BCUT2D eigenvalue weighted by atomic mass is 32.2. The molecule has 2 amide bonds. The lowest BCUT2D eigenvalue weighted by Gasteiger charge is -2.07. The minimum absolute atomic E-state index is 0.244. The van der Waals surface area contributed by atoms with Crippen LogP contribution >= 0.6 is 11.8 Å². The molecular weight excluding hydrogens is 414 g/mol. The first-order valence-electron chi connectivity index (χ1n) is 9.59. The van der Waals surface area contributed by atoms with Crippen LogP contribution in [0.4, 0.5) is 0 Å². The molecule has 0 radical (unpaired) electrons. The lowest BCUT2D eigenvalue weighted by molar-refractivity contribution is 0.0911. The van der Waals surface area contributed by atoms with Gasteiger partial charge in [-0.1, -0.05) is 30.0 Å². The summed E-state index contributed by atoms with van der Waals surface area (Å²) in [6, 6.07) is 12.6. The Hall–Kier alpha value is -3.72. The van der Waals surface area contributed by atoms with E-state index >= 15 is 0 Å². The lowest BCUT2D eigenvalue weighted by Crippen LogP contribution is -2.34. The topological polar surface area (TPSA) is 110 Å². The fourth-order valence-corrected chi connectivity index (χ4v) is 3.78. The van der Waals surface area contributed by atoms with Crippen LogP contribution in [0.2, 0.25) is 0 Å². The van der Waals surface area contributed by atoms with Crippen LogP contribution in [0.25, 0.3) is 11.0 Å². The van der Waals surface area contributed by atoms with E-state index in [0.29, 0.717) is 22.1 Å². The summed E-state index contributed by atoms with van der Waals surface area (Å²) in [4.78, 5) is 37.2. The molecule has 8 nitrogen and oxygen atoms in total. The molecule has 4 rings (SSSR count). The second kappa shape index (κ2) is 9.86. The average Bonchev–Trinajstić information content (AvgIpc) is 3.20. The van der Waals surface area contributed by atoms with Crippen molar-refractivity contribution in [1.29, 1.82) is 0 Å². The van der Waals surface area contributed by atoms with Crippen molar-refractivity contribution in [2.75, 3.05) is 13.1 Å². The summed E-state index contributed by atoms with van der Waals surface area (Å²) >= 11 is 1.43. The van der Waals surface area contributed by atoms with Crippen molar-refractivity contribution in [3.8, 4) is 0 Å². The summed E-state index contributed by atoms with van der Waals surface area (Å²) in [6.07, 6.45) is 6.44. The molecule has 0 bridgehead atoms. The van der Waals surface area contributed by atoms with Crippen molar-refractivity contribution in [2.45, 2.75) is 10.9 Å². The number of amides is 2. The molecule has 3 aromatic heterocycles. The number of nitrogens with zero attached hydrogens (tertiary/aromatic N) is 3. The van der Waals surface area contributed by atoms with Crippen molar-refractivity contribution < 1.29 is 14.0 Å². The van der Waals surface area contributed by atoms with Gasteiger partial charge in [-0.05, 0) is 24.3 Å². The minimum atomic E-state index is -0.337. The number of rotatable bonds is 8. The molecule has 1 aromatic carbocycles. The number of furan rings is 1. The third-order valence-corrected chi connectivity index (χ3v) is 5.31. The van der Waals surface area contributed by atoms with E-state index < -0.39 is 0 Å². The molecule has 31 heavy (non-hydrogen) atoms. The van der Waals surface area contributed by atoms with Crippen LogP contribution in [0.15, 0.2) is 76.8 Å². The second-order valence-corrected chi connectivity index (χ2v) is 7.42. The van der Waals surface area contributed by atoms with Gasteiger partial charge < -0.3 is 15.1 Å². The summed E-state index contributed by atoms with van der Waals surface area (Å²) < 4.78 is 5.84. The van der Waals surface area contributed by atoms with E-state index in [4.69, 9.17) is 4.42 Å². The number of benzene rings is 1. The number of aromatic nitrogens is 3. The van der Waals surface area contributed by atoms with Gasteiger partial charge in [-0.3, -0.25) is 14.6 Å². The normalized spacial score (nSPS) is 10.7. The molecule has 0 spiro atoms. The number of fused-ring (bicyclic) bond motifs is 1. The standard InChI is InChI=1S/C22H19N5O3S/c28-20(15-5-3-8-23-13-15)24-11-12-25-21(29)19-17(14-31-22-26-9-4-10-27-22)16-6-1-2-7-18(16)30-19/h1-10,13H,11-12,14H2,(H,24,28)(H,25,29). The van der Waals surface area contributed by atoms with Crippen LogP contribution in [-0.4, -0.2) is 39.9 Å². The number of carbonyl (C=O) groups is 2. The van der Waals surface area contributed by atoms with Gasteiger partial charge in [0.15, 0.2) is 10.9 Å². The summed E-state index contributed by atoms with van der Waals surface area (Å²) in [6.45, 7) is 0.540. The maximum absolute atomic E-state index is 12.8. The van der Waals surface area contributed by atoms with Crippen LogP contribution in [0, 0.1) is 0 Å². The highest BCUT2D eigenvalue weighted by molar-refractivity contribution is 7.98. The molecule has 2 N–H and O–H groups in total. The largest absolute Gasteiger partial charge is 0.451 e. The zero-order valence-corrected chi connectivity index (χ0v) is 17.3. The van der Waals surface area contributed by atoms with E-state index in [-0.39, 0.29) is 30.7 Å². The molecule has 4 aromatic rings. The third-order valence-electron chi connectivity index (χ3n) is 4.41. The van der Waals surface area contributed by atoms with Gasteiger partial charge in [0, 0.05) is 54.6 Å². The van der Waals surface area contributed by atoms with Gasteiger partial charge in [0.2, 0.25) is 0 Å². The Morgan fingerprint density at radius 2 is 1.68 bits per heavy atom. The number of hydrogen-bond donors (Lipinski definition) is 2. The molecule has 0 unspecified atom stereocenters. The SMILES string of the molecule is O=C(NCCNC(=O)c1oc2ccccc2c1CSc1ncccn1)c1cccnc1. The fraction of sp³-hybridized carbons (Fsp3) is 0.136. The highest BCUT2D eigenvalue weighted by Crippen LogP contribution is 2.30. The molecule has 0 fully saturated rings. The number of nitrogens with one attached hydrogen (secondary N) is 2. The number of para-hydroxylation sites is 1. The number of hydrogen-bond acceptors (Lipinski definition) is 7. The van der Waals surface area contributed by atoms with Crippen molar-refractivity contribution in [3.63, 3.8) is 0 Å². The van der Waals surface area contributed by atoms with E-state index in [9.17, 15) is 9.59 Å². The Kier molecular flexibility index (Phi) is 6.53. The van der Waals surface area contributed by atoms with E-state index in [0.717, 1.165) is 10.9 Å². The molecule has 9 heteroatoms. The smallest absolute Gasteiger partial charge is 0.287 e. The summed E-state index contributed by atoms with van der Waals surface area (Å²) in [5.41, 5.74) is 1.89. The first-order valence-corrected chi connectivity index (χ1v) is 10.6. The van der Waals surface area contributed by atoms with Crippen LogP contribution in [0.1, 0.15) is 26.5 Å². The van der Waals surface area contributed by atoms with E-state index in [1.165, 1.54) is 18.0 Å². The number of pyridine rings is 1. The summed E-state index contributed by atoms with van der Waals surface area (Å²) in [5, 5.41) is 7.05. The highest BCUT2D eigenvalue weighted by Gasteiger charge is 2.20. The van der Waals surface area contributed by atoms with Crippen LogP contribution in [0.5, 0.6) is 0 Å². The number of thioether (sulfide) groups is 1. The monoisotopic (exact) mass is 433 g/mol. The van der Waals surface area contributed by atoms with Crippen LogP contribution in [-0.2, 0) is 5.75 Å². The molecule has 0 saturated heterocycles. The van der Waals surface area contributed by atoms with Gasteiger partial charge in [-0.25, -0.2) is 9.97 Å². The van der Waals surface area contributed by atoms with Crippen molar-refractivity contribution >= 4 is 34.5 Å². The number of carbonyl (C=O) groups excluding carboxylic acids is 2. The first kappa shape index (κ1) is 20.5. The van der Waals surface area contributed by atoms with Gasteiger partial charge in [-0.15, -0.1) is 0 Å². The molecule has 0 atom stereocenters. The Bertz CT molecular complexity index is 1180. The average molecular weight is 433 g/mol. The fourth-order valence-electron chi connectivity index (χ4n) is 2.95. The van der Waals surface area contributed by atoms with E-state index in [1.54, 1.807) is 36.8 Å². The maximum Gasteiger partial charge on any atom is 0.287 e. The van der Waals surface area contributed by atoms with E-state index in [1.807, 2.05) is 24.3 Å². The zero-order valence-electron chi connectivity index (χ0n) is 16.4. The van der Waals surface area contributed by atoms with Gasteiger partial charge in [0.1, 0.15) is 5.58 Å².